The lowest BCUT2D eigenvalue weighted by Gasteiger charge is -2.12. The van der Waals surface area contributed by atoms with Crippen molar-refractivity contribution in [3.63, 3.8) is 0 Å². The molecule has 8 nitrogen and oxygen atoms in total. The number of carboxylic acids is 1. The summed E-state index contributed by atoms with van der Waals surface area (Å²) in [6.45, 7) is 2.01. The molecule has 168 valence electrons. The molecule has 1 saturated heterocycles. The molecule has 0 bridgehead atoms. The van der Waals surface area contributed by atoms with Gasteiger partial charge in [-0.15, -0.1) is 0 Å². The molecule has 4 rings (SSSR count). The number of rotatable bonds is 7. The smallest absolute Gasteiger partial charge is 0.305 e. The lowest BCUT2D eigenvalue weighted by Crippen LogP contribution is -2.30. The second kappa shape index (κ2) is 9.55. The van der Waals surface area contributed by atoms with Crippen molar-refractivity contribution < 1.29 is 19.4 Å². The first-order chi connectivity index (χ1) is 15.9. The van der Waals surface area contributed by atoms with Gasteiger partial charge in [0.15, 0.2) is 0 Å². The SMILES string of the molecule is CCc1ccc(Oc2nc3ccccn3c(=O)c2/C=C2/SC(=S)N(CCC(=O)O)C2=O)cc1. The Morgan fingerprint density at radius 3 is 2.67 bits per heavy atom. The van der Waals surface area contributed by atoms with Crippen LogP contribution in [0.25, 0.3) is 11.7 Å². The molecule has 1 N–H and O–H groups in total. The first kappa shape index (κ1) is 22.7. The summed E-state index contributed by atoms with van der Waals surface area (Å²) in [7, 11) is 0. The third-order valence-electron chi connectivity index (χ3n) is 4.98. The summed E-state index contributed by atoms with van der Waals surface area (Å²) in [6, 6.07) is 12.6. The average molecular weight is 482 g/mol. The highest BCUT2D eigenvalue weighted by Gasteiger charge is 2.33. The number of benzene rings is 1. The number of aliphatic carboxylic acids is 1. The Hall–Kier alpha value is -3.50. The molecular formula is C23H19N3O5S2. The van der Waals surface area contributed by atoms with E-state index in [4.69, 9.17) is 22.1 Å². The van der Waals surface area contributed by atoms with Crippen LogP contribution in [0.2, 0.25) is 0 Å². The van der Waals surface area contributed by atoms with Crippen molar-refractivity contribution in [3.8, 4) is 11.6 Å². The van der Waals surface area contributed by atoms with E-state index in [0.29, 0.717) is 11.4 Å². The molecule has 10 heteroatoms. The van der Waals surface area contributed by atoms with Gasteiger partial charge in [-0.1, -0.05) is 49.1 Å². The molecule has 1 aliphatic heterocycles. The summed E-state index contributed by atoms with van der Waals surface area (Å²) in [5.41, 5.74) is 1.22. The Morgan fingerprint density at radius 2 is 1.97 bits per heavy atom. The third-order valence-corrected chi connectivity index (χ3v) is 6.36. The van der Waals surface area contributed by atoms with Gasteiger partial charge < -0.3 is 9.84 Å². The number of thioether (sulfide) groups is 1. The zero-order chi connectivity index (χ0) is 23.5. The minimum Gasteiger partial charge on any atom is -0.481 e. The fourth-order valence-corrected chi connectivity index (χ4v) is 4.51. The number of amides is 1. The topological polar surface area (TPSA) is 101 Å². The van der Waals surface area contributed by atoms with Crippen molar-refractivity contribution >= 4 is 51.9 Å². The Balaban J connectivity index is 1.77. The summed E-state index contributed by atoms with van der Waals surface area (Å²) in [4.78, 5) is 42.9. The minimum atomic E-state index is -1.03. The third kappa shape index (κ3) is 4.81. The molecule has 33 heavy (non-hydrogen) atoms. The van der Waals surface area contributed by atoms with Gasteiger partial charge in [0.05, 0.1) is 11.3 Å². The molecule has 0 aliphatic carbocycles. The Bertz CT molecular complexity index is 1350. The number of nitrogens with zero attached hydrogens (tertiary/aromatic N) is 3. The maximum absolute atomic E-state index is 13.3. The standard InChI is InChI=1S/C23H19N3O5S2/c1-2-14-6-8-15(9-7-14)31-20-16(21(29)25-11-4-3-5-18(25)24-20)13-17-22(30)26(23(32)33-17)12-10-19(27)28/h3-9,11,13H,2,10,12H2,1H3,(H,27,28)/b17-13+. The summed E-state index contributed by atoms with van der Waals surface area (Å²) in [5.74, 6) is -0.925. The highest BCUT2D eigenvalue weighted by Crippen LogP contribution is 2.34. The van der Waals surface area contributed by atoms with Crippen LogP contribution in [0.5, 0.6) is 11.6 Å². The molecule has 0 spiro atoms. The van der Waals surface area contributed by atoms with Crippen LogP contribution < -0.4 is 10.3 Å². The van der Waals surface area contributed by atoms with Crippen molar-refractivity contribution in [1.82, 2.24) is 14.3 Å². The largest absolute Gasteiger partial charge is 0.481 e. The molecule has 2 aromatic heterocycles. The highest BCUT2D eigenvalue weighted by molar-refractivity contribution is 8.26. The van der Waals surface area contributed by atoms with Crippen molar-refractivity contribution in [3.05, 3.63) is 75.0 Å². The van der Waals surface area contributed by atoms with Crippen molar-refractivity contribution in [1.29, 1.82) is 0 Å². The molecule has 0 unspecified atom stereocenters. The van der Waals surface area contributed by atoms with Crippen LogP contribution >= 0.6 is 24.0 Å². The van der Waals surface area contributed by atoms with Gasteiger partial charge in [0.2, 0.25) is 5.88 Å². The van der Waals surface area contributed by atoms with Crippen LogP contribution in [0.15, 0.2) is 58.4 Å². The van der Waals surface area contributed by atoms with Gasteiger partial charge in [-0.3, -0.25) is 23.7 Å². The van der Waals surface area contributed by atoms with Crippen LogP contribution in [0, 0.1) is 0 Å². The van der Waals surface area contributed by atoms with Gasteiger partial charge in [0, 0.05) is 12.7 Å². The van der Waals surface area contributed by atoms with Gasteiger partial charge in [-0.2, -0.15) is 4.98 Å². The number of thiocarbonyl (C=S) groups is 1. The van der Waals surface area contributed by atoms with E-state index in [1.54, 1.807) is 36.5 Å². The van der Waals surface area contributed by atoms with Gasteiger partial charge in [0.25, 0.3) is 11.5 Å². The number of hydrogen-bond acceptors (Lipinski definition) is 7. The van der Waals surface area contributed by atoms with Gasteiger partial charge in [-0.25, -0.2) is 0 Å². The number of fused-ring (bicyclic) bond motifs is 1. The second-order valence-electron chi connectivity index (χ2n) is 7.14. The monoisotopic (exact) mass is 481 g/mol. The highest BCUT2D eigenvalue weighted by atomic mass is 32.2. The number of aryl methyl sites for hydroxylation is 1. The normalized spacial score (nSPS) is 14.9. The van der Waals surface area contributed by atoms with E-state index >= 15 is 0 Å². The molecule has 1 amide bonds. The number of hydrogen-bond donors (Lipinski definition) is 1. The van der Waals surface area contributed by atoms with Crippen molar-refractivity contribution in [2.45, 2.75) is 19.8 Å². The average Bonchev–Trinajstić information content (AvgIpc) is 3.07. The van der Waals surface area contributed by atoms with E-state index in [9.17, 15) is 14.4 Å². The Kier molecular flexibility index (Phi) is 6.57. The summed E-state index contributed by atoms with van der Waals surface area (Å²) < 4.78 is 7.56. The number of pyridine rings is 1. The summed E-state index contributed by atoms with van der Waals surface area (Å²) in [6.07, 6.45) is 3.64. The predicted octanol–water partition coefficient (Wildman–Crippen LogP) is 3.73. The van der Waals surface area contributed by atoms with E-state index in [2.05, 4.69) is 4.98 Å². The molecule has 1 fully saturated rings. The maximum atomic E-state index is 13.3. The first-order valence-electron chi connectivity index (χ1n) is 10.1. The Morgan fingerprint density at radius 1 is 1.21 bits per heavy atom. The van der Waals surface area contributed by atoms with E-state index in [-0.39, 0.29) is 33.6 Å². The van der Waals surface area contributed by atoms with Gasteiger partial charge in [0.1, 0.15) is 21.3 Å². The number of carboxylic acid groups (broad SMARTS) is 1. The minimum absolute atomic E-state index is 0.0422. The van der Waals surface area contributed by atoms with Crippen LogP contribution in [-0.2, 0) is 16.0 Å². The summed E-state index contributed by atoms with van der Waals surface area (Å²) in [5, 5.41) is 8.92. The zero-order valence-electron chi connectivity index (χ0n) is 17.6. The Labute approximate surface area is 198 Å². The summed E-state index contributed by atoms with van der Waals surface area (Å²) >= 11 is 6.25. The molecule has 0 radical (unpaired) electrons. The first-order valence-corrected chi connectivity index (χ1v) is 11.3. The van der Waals surface area contributed by atoms with E-state index in [1.165, 1.54) is 15.4 Å². The number of carbonyl (C=O) groups excluding carboxylic acids is 1. The molecular weight excluding hydrogens is 462 g/mol. The van der Waals surface area contributed by atoms with Crippen LogP contribution in [-0.4, -0.2) is 42.1 Å². The van der Waals surface area contributed by atoms with Crippen LogP contribution in [0.1, 0.15) is 24.5 Å². The number of carbonyl (C=O) groups is 2. The number of aromatic nitrogens is 2. The molecule has 1 aliphatic rings. The van der Waals surface area contributed by atoms with E-state index < -0.39 is 17.4 Å². The molecule has 0 saturated carbocycles. The molecule has 1 aromatic carbocycles. The van der Waals surface area contributed by atoms with E-state index in [0.717, 1.165) is 23.7 Å². The zero-order valence-corrected chi connectivity index (χ0v) is 19.2. The lowest BCUT2D eigenvalue weighted by molar-refractivity contribution is -0.137. The predicted molar refractivity (Wildman–Crippen MR) is 129 cm³/mol. The second-order valence-corrected chi connectivity index (χ2v) is 8.82. The fraction of sp³-hybridized carbons (Fsp3) is 0.174. The molecule has 3 aromatic rings. The lowest BCUT2D eigenvalue weighted by atomic mass is 10.2. The number of ether oxygens (including phenoxy) is 1. The molecule has 0 atom stereocenters. The quantitative estimate of drug-likeness (QED) is 0.402. The van der Waals surface area contributed by atoms with E-state index in [1.807, 2.05) is 19.1 Å². The molecule has 3 heterocycles. The van der Waals surface area contributed by atoms with Crippen molar-refractivity contribution in [2.75, 3.05) is 6.54 Å². The fourth-order valence-electron chi connectivity index (χ4n) is 3.22. The van der Waals surface area contributed by atoms with Crippen LogP contribution in [0.3, 0.4) is 0 Å². The van der Waals surface area contributed by atoms with Crippen LogP contribution in [0.4, 0.5) is 0 Å². The maximum Gasteiger partial charge on any atom is 0.305 e. The van der Waals surface area contributed by atoms with Crippen molar-refractivity contribution in [2.24, 2.45) is 0 Å². The van der Waals surface area contributed by atoms with Gasteiger partial charge in [-0.05, 0) is 42.3 Å². The van der Waals surface area contributed by atoms with Gasteiger partial charge >= 0.3 is 5.97 Å².